The Morgan fingerprint density at radius 2 is 1.92 bits per heavy atom. The Morgan fingerprint density at radius 3 is 2.53 bits per heavy atom. The van der Waals surface area contributed by atoms with Crippen LogP contribution in [-0.4, -0.2) is 80.7 Å². The molecular weight excluding hydrogens is 507 g/mol. The highest BCUT2D eigenvalue weighted by molar-refractivity contribution is 8.14. The molecule has 1 aliphatic rings. The Hall–Kier alpha value is -2.82. The number of aromatic nitrogens is 5. The zero-order valence-electron chi connectivity index (χ0n) is 18.6. The number of ether oxygens (including phenoxy) is 1. The molecule has 1 fully saturated rings. The summed E-state index contributed by atoms with van der Waals surface area (Å²) in [5.41, 5.74) is -1.22. The molecule has 3 heterocycles. The number of halogens is 3. The van der Waals surface area contributed by atoms with E-state index in [0.29, 0.717) is 23.9 Å². The zero-order valence-corrected chi connectivity index (χ0v) is 19.5. The summed E-state index contributed by atoms with van der Waals surface area (Å²) in [5.74, 6) is -4.52. The molecule has 0 saturated carbocycles. The largest absolute Gasteiger partial charge is 0.394 e. The van der Waals surface area contributed by atoms with E-state index >= 15 is 0 Å². The molecule has 0 bridgehead atoms. The third kappa shape index (κ3) is 5.30. The molecule has 1 aliphatic heterocycles. The van der Waals surface area contributed by atoms with E-state index in [1.807, 2.05) is 0 Å². The van der Waals surface area contributed by atoms with Crippen LogP contribution < -0.4 is 0 Å². The monoisotopic (exact) mass is 529 g/mol. The first-order valence-electron chi connectivity index (χ1n) is 10.6. The number of thioether (sulfide) groups is 1. The van der Waals surface area contributed by atoms with Crippen molar-refractivity contribution in [1.82, 2.24) is 24.8 Å². The summed E-state index contributed by atoms with van der Waals surface area (Å²) in [6.45, 7) is -0.665. The topological polar surface area (TPSA) is 156 Å². The van der Waals surface area contributed by atoms with Crippen LogP contribution in [0, 0.1) is 17.5 Å². The summed E-state index contributed by atoms with van der Waals surface area (Å²) < 4.78 is 48.5. The van der Waals surface area contributed by atoms with Crippen molar-refractivity contribution in [2.75, 3.05) is 6.61 Å². The zero-order chi connectivity index (χ0) is 26.1. The van der Waals surface area contributed by atoms with Gasteiger partial charge in [0.1, 0.15) is 41.6 Å². The third-order valence-corrected chi connectivity index (χ3v) is 6.68. The van der Waals surface area contributed by atoms with Crippen LogP contribution in [0.5, 0.6) is 0 Å². The minimum absolute atomic E-state index is 0.0852. The summed E-state index contributed by atoms with van der Waals surface area (Å²) in [6, 6.07) is 1.69. The molecule has 6 atom stereocenters. The fourth-order valence-corrected chi connectivity index (χ4v) is 4.80. The van der Waals surface area contributed by atoms with Crippen LogP contribution in [0.15, 0.2) is 30.6 Å². The first-order chi connectivity index (χ1) is 17.1. The van der Waals surface area contributed by atoms with Gasteiger partial charge >= 0.3 is 0 Å². The second-order valence-corrected chi connectivity index (χ2v) is 9.31. The van der Waals surface area contributed by atoms with E-state index in [0.717, 1.165) is 10.9 Å². The van der Waals surface area contributed by atoms with Gasteiger partial charge in [0, 0.05) is 25.2 Å². The molecule has 0 spiro atoms. The molecule has 194 valence electrons. The lowest BCUT2D eigenvalue weighted by Crippen LogP contribution is -2.55. The third-order valence-electron chi connectivity index (χ3n) is 5.63. The summed E-state index contributed by atoms with van der Waals surface area (Å²) >= 11 is 0.556. The van der Waals surface area contributed by atoms with Crippen LogP contribution in [-0.2, 0) is 16.6 Å². The molecule has 36 heavy (non-hydrogen) atoms. The Morgan fingerprint density at radius 1 is 1.22 bits per heavy atom. The van der Waals surface area contributed by atoms with E-state index in [-0.39, 0.29) is 23.4 Å². The fraction of sp³-hybridized carbons (Fsp3) is 0.429. The van der Waals surface area contributed by atoms with E-state index in [1.165, 1.54) is 4.68 Å². The van der Waals surface area contributed by atoms with Crippen molar-refractivity contribution >= 4 is 16.9 Å². The standard InChI is InChI=1S/C21H22F3N5O6S/c1-28-3-2-12(26-28)14(31)6-16(32)36-21-20(34)18(19(33)15(8-30)35-21)29-7-13(25-27-29)9-4-10(22)17(24)11(23)5-9/h2-5,7,14-15,18-21,30-31,33-34H,6,8H2,1H3/t14?,15-,18+,19+,20-,21+/m1/s1. The minimum atomic E-state index is -1.65. The maximum absolute atomic E-state index is 13.6. The van der Waals surface area contributed by atoms with Gasteiger partial charge in [-0.3, -0.25) is 9.48 Å². The molecule has 3 aromatic rings. The molecule has 4 N–H and O–H groups in total. The van der Waals surface area contributed by atoms with Gasteiger partial charge in [0.25, 0.3) is 0 Å². The molecule has 1 aromatic carbocycles. The average molecular weight is 529 g/mol. The van der Waals surface area contributed by atoms with Gasteiger partial charge in [-0.1, -0.05) is 17.0 Å². The van der Waals surface area contributed by atoms with E-state index in [2.05, 4.69) is 15.4 Å². The number of hydrogen-bond donors (Lipinski definition) is 4. The second-order valence-electron chi connectivity index (χ2n) is 8.16. The van der Waals surface area contributed by atoms with Crippen LogP contribution in [0.4, 0.5) is 13.2 Å². The molecule has 2 aromatic heterocycles. The molecular formula is C21H22F3N5O6S. The lowest BCUT2D eigenvalue weighted by atomic mass is 9.97. The molecule has 0 amide bonds. The number of aliphatic hydroxyl groups is 4. The molecule has 0 aliphatic carbocycles. The number of carbonyl (C=O) groups is 1. The maximum Gasteiger partial charge on any atom is 0.194 e. The number of carbonyl (C=O) groups excluding carboxylic acids is 1. The molecule has 0 radical (unpaired) electrons. The number of nitrogens with zero attached hydrogens (tertiary/aromatic N) is 5. The molecule has 1 unspecified atom stereocenters. The Balaban J connectivity index is 1.52. The quantitative estimate of drug-likeness (QED) is 0.317. The van der Waals surface area contributed by atoms with Gasteiger partial charge in [0.2, 0.25) is 0 Å². The Kier molecular flexibility index (Phi) is 7.77. The van der Waals surface area contributed by atoms with E-state index in [1.54, 1.807) is 19.3 Å². The lowest BCUT2D eigenvalue weighted by Gasteiger charge is -2.41. The van der Waals surface area contributed by atoms with E-state index in [4.69, 9.17) is 4.74 Å². The summed E-state index contributed by atoms with van der Waals surface area (Å²) in [4.78, 5) is 12.6. The molecule has 1 saturated heterocycles. The van der Waals surface area contributed by atoms with Gasteiger partial charge in [0.15, 0.2) is 22.6 Å². The normalized spacial score (nSPS) is 25.2. The van der Waals surface area contributed by atoms with Crippen molar-refractivity contribution in [2.24, 2.45) is 7.05 Å². The fourth-order valence-electron chi connectivity index (χ4n) is 3.79. The van der Waals surface area contributed by atoms with Crippen molar-refractivity contribution in [3.8, 4) is 11.3 Å². The van der Waals surface area contributed by atoms with Crippen molar-refractivity contribution in [2.45, 2.75) is 42.3 Å². The van der Waals surface area contributed by atoms with Crippen LogP contribution >= 0.6 is 11.8 Å². The summed E-state index contributed by atoms with van der Waals surface area (Å²) in [6.07, 6.45) is -3.07. The SMILES string of the molecule is Cn1ccc(C(O)CC(=O)S[C@@H]2O[C@H](CO)[C@H](O)[C@H](n3cc(-c4cc(F)c(F)c(F)c4)nn3)[C@H]2O)n1. The van der Waals surface area contributed by atoms with Crippen molar-refractivity contribution < 1.29 is 43.1 Å². The number of aryl methyl sites for hydroxylation is 1. The highest BCUT2D eigenvalue weighted by atomic mass is 32.2. The summed E-state index contributed by atoms with van der Waals surface area (Å²) in [5, 5.41) is 52.5. The van der Waals surface area contributed by atoms with Gasteiger partial charge < -0.3 is 25.2 Å². The van der Waals surface area contributed by atoms with Crippen molar-refractivity contribution in [3.05, 3.63) is 53.7 Å². The Labute approximate surface area is 206 Å². The Bertz CT molecular complexity index is 1220. The van der Waals surface area contributed by atoms with Crippen LogP contribution in [0.1, 0.15) is 24.3 Å². The van der Waals surface area contributed by atoms with Crippen molar-refractivity contribution in [1.29, 1.82) is 0 Å². The predicted molar refractivity (Wildman–Crippen MR) is 118 cm³/mol. The summed E-state index contributed by atoms with van der Waals surface area (Å²) in [7, 11) is 1.65. The van der Waals surface area contributed by atoms with Gasteiger partial charge in [0.05, 0.1) is 18.5 Å². The maximum atomic E-state index is 13.6. The number of hydrogen-bond acceptors (Lipinski definition) is 10. The predicted octanol–water partition coefficient (Wildman–Crippen LogP) is 0.459. The van der Waals surface area contributed by atoms with Gasteiger partial charge in [-0.15, -0.1) is 5.10 Å². The number of aliphatic hydroxyl groups excluding tert-OH is 4. The van der Waals surface area contributed by atoms with Crippen LogP contribution in [0.3, 0.4) is 0 Å². The van der Waals surface area contributed by atoms with Crippen LogP contribution in [0.2, 0.25) is 0 Å². The minimum Gasteiger partial charge on any atom is -0.394 e. The number of benzene rings is 1. The van der Waals surface area contributed by atoms with Gasteiger partial charge in [-0.05, 0) is 18.2 Å². The molecule has 15 heteroatoms. The highest BCUT2D eigenvalue weighted by Crippen LogP contribution is 2.36. The number of rotatable bonds is 7. The van der Waals surface area contributed by atoms with E-state index < -0.39 is 65.1 Å². The van der Waals surface area contributed by atoms with Gasteiger partial charge in [-0.25, -0.2) is 17.9 Å². The van der Waals surface area contributed by atoms with Crippen LogP contribution in [0.25, 0.3) is 11.3 Å². The average Bonchev–Trinajstić information content (AvgIpc) is 3.48. The lowest BCUT2D eigenvalue weighted by molar-refractivity contribution is -0.178. The first-order valence-corrected chi connectivity index (χ1v) is 11.5. The highest BCUT2D eigenvalue weighted by Gasteiger charge is 2.47. The molecule has 4 rings (SSSR count). The second kappa shape index (κ2) is 10.7. The van der Waals surface area contributed by atoms with Gasteiger partial charge in [-0.2, -0.15) is 5.10 Å². The smallest absolute Gasteiger partial charge is 0.194 e. The first kappa shape index (κ1) is 26.2. The van der Waals surface area contributed by atoms with Crippen molar-refractivity contribution in [3.63, 3.8) is 0 Å². The molecule has 11 nitrogen and oxygen atoms in total. The van der Waals surface area contributed by atoms with E-state index in [9.17, 15) is 38.4 Å².